The van der Waals surface area contributed by atoms with E-state index in [1.165, 1.54) is 0 Å². The molecule has 0 bridgehead atoms. The standard InChI is InChI=1S/C22H27N3O2/c1-5-27-20-13-9-8-12-19(20)25-21(16(4)23-14-15(2)3)24-18-11-7-6-10-17(18)22(25)26/h6-13,15-16,23H,5,14H2,1-4H3. The van der Waals surface area contributed by atoms with E-state index < -0.39 is 0 Å². The molecule has 1 heterocycles. The number of para-hydroxylation sites is 3. The summed E-state index contributed by atoms with van der Waals surface area (Å²) in [5.74, 6) is 1.87. The zero-order valence-corrected chi connectivity index (χ0v) is 16.4. The van der Waals surface area contributed by atoms with Crippen LogP contribution in [-0.2, 0) is 0 Å². The van der Waals surface area contributed by atoms with Crippen molar-refractivity contribution in [2.75, 3.05) is 13.2 Å². The van der Waals surface area contributed by atoms with Gasteiger partial charge in [0.1, 0.15) is 11.6 Å². The van der Waals surface area contributed by atoms with E-state index in [9.17, 15) is 4.79 Å². The van der Waals surface area contributed by atoms with E-state index in [0.717, 1.165) is 12.2 Å². The van der Waals surface area contributed by atoms with Gasteiger partial charge in [0.25, 0.3) is 5.56 Å². The molecule has 0 amide bonds. The minimum atomic E-state index is -0.0839. The van der Waals surface area contributed by atoms with E-state index in [-0.39, 0.29) is 11.6 Å². The van der Waals surface area contributed by atoms with Crippen LogP contribution in [0.25, 0.3) is 16.6 Å². The van der Waals surface area contributed by atoms with Gasteiger partial charge in [0.05, 0.1) is 29.2 Å². The highest BCUT2D eigenvalue weighted by molar-refractivity contribution is 5.78. The number of nitrogens with one attached hydrogen (secondary N) is 1. The maximum Gasteiger partial charge on any atom is 0.266 e. The van der Waals surface area contributed by atoms with Crippen LogP contribution in [0.15, 0.2) is 53.3 Å². The number of fused-ring (bicyclic) bond motifs is 1. The first-order valence-corrected chi connectivity index (χ1v) is 9.50. The molecule has 3 rings (SSSR count). The third kappa shape index (κ3) is 4.03. The first kappa shape index (κ1) is 19.1. The Morgan fingerprint density at radius 3 is 2.52 bits per heavy atom. The Morgan fingerprint density at radius 1 is 1.07 bits per heavy atom. The predicted octanol–water partition coefficient (Wildman–Crippen LogP) is 4.09. The molecule has 1 N–H and O–H groups in total. The lowest BCUT2D eigenvalue weighted by Gasteiger charge is -2.21. The maximum atomic E-state index is 13.4. The van der Waals surface area contributed by atoms with Crippen LogP contribution in [0.1, 0.15) is 39.6 Å². The maximum absolute atomic E-state index is 13.4. The predicted molar refractivity (Wildman–Crippen MR) is 110 cm³/mol. The Hall–Kier alpha value is -2.66. The van der Waals surface area contributed by atoms with Crippen LogP contribution in [0.2, 0.25) is 0 Å². The molecule has 3 aromatic rings. The molecule has 0 aliphatic heterocycles. The molecule has 1 aromatic heterocycles. The van der Waals surface area contributed by atoms with Crippen molar-refractivity contribution in [3.8, 4) is 11.4 Å². The summed E-state index contributed by atoms with van der Waals surface area (Å²) in [4.78, 5) is 18.2. The van der Waals surface area contributed by atoms with Crippen molar-refractivity contribution in [3.05, 3.63) is 64.7 Å². The summed E-state index contributed by atoms with van der Waals surface area (Å²) < 4.78 is 7.47. The molecule has 5 nitrogen and oxygen atoms in total. The van der Waals surface area contributed by atoms with Gasteiger partial charge in [-0.2, -0.15) is 0 Å². The summed E-state index contributed by atoms with van der Waals surface area (Å²) in [7, 11) is 0. The monoisotopic (exact) mass is 365 g/mol. The van der Waals surface area contributed by atoms with Crippen LogP contribution in [0.4, 0.5) is 0 Å². The Balaban J connectivity index is 2.25. The van der Waals surface area contributed by atoms with Gasteiger partial charge in [-0.15, -0.1) is 0 Å². The number of ether oxygens (including phenoxy) is 1. The molecule has 0 aliphatic rings. The molecule has 0 spiro atoms. The molecule has 0 radical (unpaired) electrons. The van der Waals surface area contributed by atoms with Gasteiger partial charge in [-0.25, -0.2) is 4.98 Å². The minimum absolute atomic E-state index is 0.0825. The molecule has 0 saturated carbocycles. The third-order valence-electron chi connectivity index (χ3n) is 4.43. The van der Waals surface area contributed by atoms with Gasteiger partial charge in [-0.1, -0.05) is 38.1 Å². The summed E-state index contributed by atoms with van der Waals surface area (Å²) in [6.45, 7) is 9.67. The minimum Gasteiger partial charge on any atom is -0.492 e. The van der Waals surface area contributed by atoms with Crippen LogP contribution in [-0.4, -0.2) is 22.7 Å². The number of hydrogen-bond acceptors (Lipinski definition) is 4. The van der Waals surface area contributed by atoms with E-state index >= 15 is 0 Å². The summed E-state index contributed by atoms with van der Waals surface area (Å²) in [5, 5.41) is 4.09. The van der Waals surface area contributed by atoms with Crippen LogP contribution < -0.4 is 15.6 Å². The average Bonchev–Trinajstić information content (AvgIpc) is 2.67. The van der Waals surface area contributed by atoms with E-state index in [1.54, 1.807) is 4.57 Å². The van der Waals surface area contributed by atoms with Gasteiger partial charge in [0, 0.05) is 0 Å². The normalized spacial score (nSPS) is 12.5. The highest BCUT2D eigenvalue weighted by atomic mass is 16.5. The van der Waals surface area contributed by atoms with Gasteiger partial charge in [-0.05, 0) is 50.6 Å². The molecule has 142 valence electrons. The van der Waals surface area contributed by atoms with Gasteiger partial charge < -0.3 is 10.1 Å². The van der Waals surface area contributed by atoms with Crippen LogP contribution in [0.5, 0.6) is 5.75 Å². The summed E-state index contributed by atoms with van der Waals surface area (Å²) >= 11 is 0. The molecule has 0 aliphatic carbocycles. The zero-order chi connectivity index (χ0) is 19.4. The zero-order valence-electron chi connectivity index (χ0n) is 16.4. The summed E-state index contributed by atoms with van der Waals surface area (Å²) in [5.41, 5.74) is 1.34. The number of hydrogen-bond donors (Lipinski definition) is 1. The lowest BCUT2D eigenvalue weighted by molar-refractivity contribution is 0.338. The molecule has 27 heavy (non-hydrogen) atoms. The lowest BCUT2D eigenvalue weighted by atomic mass is 10.1. The van der Waals surface area contributed by atoms with Crippen LogP contribution in [0.3, 0.4) is 0 Å². The van der Waals surface area contributed by atoms with E-state index in [0.29, 0.717) is 35.0 Å². The number of nitrogens with zero attached hydrogens (tertiary/aromatic N) is 2. The molecule has 1 atom stereocenters. The smallest absolute Gasteiger partial charge is 0.266 e. The second kappa shape index (κ2) is 8.35. The first-order valence-electron chi connectivity index (χ1n) is 9.50. The Labute approximate surface area is 160 Å². The molecular formula is C22H27N3O2. The fraction of sp³-hybridized carbons (Fsp3) is 0.364. The molecular weight excluding hydrogens is 338 g/mol. The first-order chi connectivity index (χ1) is 13.0. The third-order valence-corrected chi connectivity index (χ3v) is 4.43. The Bertz CT molecular complexity index is 979. The van der Waals surface area contributed by atoms with Crippen LogP contribution in [0, 0.1) is 5.92 Å². The molecule has 0 saturated heterocycles. The fourth-order valence-corrected chi connectivity index (χ4v) is 3.10. The van der Waals surface area contributed by atoms with Crippen molar-refractivity contribution in [1.82, 2.24) is 14.9 Å². The second-order valence-corrected chi connectivity index (χ2v) is 7.05. The van der Waals surface area contributed by atoms with Gasteiger partial charge >= 0.3 is 0 Å². The second-order valence-electron chi connectivity index (χ2n) is 7.05. The summed E-state index contributed by atoms with van der Waals surface area (Å²) in [6, 6.07) is 15.0. The van der Waals surface area contributed by atoms with Crippen molar-refractivity contribution in [2.24, 2.45) is 5.92 Å². The van der Waals surface area contributed by atoms with Gasteiger partial charge in [0.2, 0.25) is 0 Å². The average molecular weight is 365 g/mol. The quantitative estimate of drug-likeness (QED) is 0.685. The number of aromatic nitrogens is 2. The number of benzene rings is 2. The largest absolute Gasteiger partial charge is 0.492 e. The van der Waals surface area contributed by atoms with Crippen molar-refractivity contribution in [1.29, 1.82) is 0 Å². The van der Waals surface area contributed by atoms with Crippen molar-refractivity contribution in [3.63, 3.8) is 0 Å². The fourth-order valence-electron chi connectivity index (χ4n) is 3.10. The Kier molecular flexibility index (Phi) is 5.91. The Morgan fingerprint density at radius 2 is 1.78 bits per heavy atom. The van der Waals surface area contributed by atoms with Crippen molar-refractivity contribution >= 4 is 10.9 Å². The lowest BCUT2D eigenvalue weighted by Crippen LogP contribution is -2.31. The van der Waals surface area contributed by atoms with E-state index in [2.05, 4.69) is 19.2 Å². The van der Waals surface area contributed by atoms with E-state index in [4.69, 9.17) is 9.72 Å². The van der Waals surface area contributed by atoms with Crippen LogP contribution >= 0.6 is 0 Å². The highest BCUT2D eigenvalue weighted by Crippen LogP contribution is 2.25. The molecule has 0 fully saturated rings. The van der Waals surface area contributed by atoms with Crippen molar-refractivity contribution < 1.29 is 4.74 Å². The SMILES string of the molecule is CCOc1ccccc1-n1c(C(C)NCC(C)C)nc2ccccc2c1=O. The number of rotatable bonds is 7. The molecule has 1 unspecified atom stereocenters. The van der Waals surface area contributed by atoms with Crippen molar-refractivity contribution in [2.45, 2.75) is 33.7 Å². The molecule has 5 heteroatoms. The van der Waals surface area contributed by atoms with E-state index in [1.807, 2.05) is 62.4 Å². The van der Waals surface area contributed by atoms with Gasteiger partial charge in [0.15, 0.2) is 0 Å². The molecule has 2 aromatic carbocycles. The van der Waals surface area contributed by atoms with Gasteiger partial charge in [-0.3, -0.25) is 9.36 Å². The topological polar surface area (TPSA) is 56.1 Å². The highest BCUT2D eigenvalue weighted by Gasteiger charge is 2.20. The summed E-state index contributed by atoms with van der Waals surface area (Å²) in [6.07, 6.45) is 0.